The Bertz CT molecular complexity index is 1080. The molecular weight excluding hydrogens is 423 g/mol. The van der Waals surface area contributed by atoms with Crippen molar-refractivity contribution in [1.82, 2.24) is 14.3 Å². The molecule has 1 unspecified atom stereocenters. The van der Waals surface area contributed by atoms with Gasteiger partial charge in [0.05, 0.1) is 12.1 Å². The van der Waals surface area contributed by atoms with Crippen LogP contribution in [0.4, 0.5) is 13.2 Å². The van der Waals surface area contributed by atoms with E-state index < -0.39 is 23.1 Å². The predicted octanol–water partition coefficient (Wildman–Crippen LogP) is 5.68. The van der Waals surface area contributed by atoms with Crippen LogP contribution in [0.5, 0.6) is 0 Å². The Balaban J connectivity index is 1.76. The number of rotatable bonds is 6. The number of hydrogen-bond acceptors (Lipinski definition) is 3. The van der Waals surface area contributed by atoms with Crippen molar-refractivity contribution >= 4 is 22.3 Å². The number of hydrogen-bond donors (Lipinski definition) is 1. The van der Waals surface area contributed by atoms with Gasteiger partial charge in [0, 0.05) is 60.2 Å². The number of halogens is 3. The SMILES string of the molecule is CC(C)(C)Cn1cc(CN[S+]([O-])C2CC2)c2ccc(-c3ccncc3C(F)(F)F)cc21. The molecule has 31 heavy (non-hydrogen) atoms. The molecule has 4 rings (SSSR count). The number of pyridine rings is 1. The smallest absolute Gasteiger partial charge is 0.418 e. The standard InChI is InChI=1S/C23H26F3N3OS/c1-22(2,3)14-29-13-16(11-28-31(30)17-5-6-17)19-7-4-15(10-21(19)29)18-8-9-27-12-20(18)23(24,25)26/h4,7-10,12-13,17,28H,5-6,11,14H2,1-3H3. The van der Waals surface area contributed by atoms with Gasteiger partial charge in [0.2, 0.25) is 0 Å². The van der Waals surface area contributed by atoms with Gasteiger partial charge in [-0.25, -0.2) is 0 Å². The first-order chi connectivity index (χ1) is 14.5. The second kappa shape index (κ2) is 8.15. The third-order valence-corrected chi connectivity index (χ3v) is 6.78. The summed E-state index contributed by atoms with van der Waals surface area (Å²) in [7, 11) is 0. The summed E-state index contributed by atoms with van der Waals surface area (Å²) in [5.41, 5.74) is 1.71. The third kappa shape index (κ3) is 5.07. The Morgan fingerprint density at radius 2 is 1.94 bits per heavy atom. The van der Waals surface area contributed by atoms with Gasteiger partial charge in [-0.15, -0.1) is 4.72 Å². The molecule has 0 spiro atoms. The molecule has 1 fully saturated rings. The molecule has 0 saturated heterocycles. The fourth-order valence-corrected chi connectivity index (χ4v) is 4.84. The minimum absolute atomic E-state index is 0.0166. The average molecular weight is 450 g/mol. The lowest BCUT2D eigenvalue weighted by Crippen LogP contribution is -2.26. The highest BCUT2D eigenvalue weighted by Crippen LogP contribution is 2.38. The van der Waals surface area contributed by atoms with Crippen molar-refractivity contribution in [3.8, 4) is 11.1 Å². The summed E-state index contributed by atoms with van der Waals surface area (Å²) in [5.74, 6) is 0. The molecular formula is C23H26F3N3OS. The monoisotopic (exact) mass is 449 g/mol. The molecule has 1 aromatic carbocycles. The maximum absolute atomic E-state index is 13.5. The summed E-state index contributed by atoms with van der Waals surface area (Å²) >= 11 is -1.05. The average Bonchev–Trinajstić information content (AvgIpc) is 3.49. The second-order valence-corrected chi connectivity index (χ2v) is 10.9. The topological polar surface area (TPSA) is 52.9 Å². The molecule has 0 bridgehead atoms. The Morgan fingerprint density at radius 3 is 2.58 bits per heavy atom. The molecule has 166 valence electrons. The van der Waals surface area contributed by atoms with E-state index in [2.05, 4.69) is 35.0 Å². The van der Waals surface area contributed by atoms with Crippen molar-refractivity contribution in [1.29, 1.82) is 0 Å². The minimum atomic E-state index is -4.48. The van der Waals surface area contributed by atoms with E-state index in [4.69, 9.17) is 0 Å². The second-order valence-electron chi connectivity index (χ2n) is 9.31. The highest BCUT2D eigenvalue weighted by molar-refractivity contribution is 7.90. The van der Waals surface area contributed by atoms with E-state index in [1.54, 1.807) is 6.07 Å². The van der Waals surface area contributed by atoms with E-state index in [-0.39, 0.29) is 16.2 Å². The van der Waals surface area contributed by atoms with Crippen molar-refractivity contribution in [2.75, 3.05) is 0 Å². The number of benzene rings is 1. The lowest BCUT2D eigenvalue weighted by atomic mass is 9.96. The molecule has 1 aliphatic rings. The number of alkyl halides is 3. The number of aromatic nitrogens is 2. The summed E-state index contributed by atoms with van der Waals surface area (Å²) in [5, 5.41) is 1.19. The largest absolute Gasteiger partial charge is 0.598 e. The lowest BCUT2D eigenvalue weighted by molar-refractivity contribution is -0.137. The van der Waals surface area contributed by atoms with Gasteiger partial charge < -0.3 is 9.12 Å². The van der Waals surface area contributed by atoms with Crippen LogP contribution in [0.1, 0.15) is 44.7 Å². The maximum atomic E-state index is 13.5. The van der Waals surface area contributed by atoms with Gasteiger partial charge in [0.15, 0.2) is 0 Å². The van der Waals surface area contributed by atoms with Crippen molar-refractivity contribution < 1.29 is 17.7 Å². The highest BCUT2D eigenvalue weighted by Gasteiger charge is 2.35. The molecule has 1 N–H and O–H groups in total. The van der Waals surface area contributed by atoms with E-state index in [0.717, 1.165) is 35.5 Å². The molecule has 8 heteroatoms. The Labute approximate surface area is 183 Å². The summed E-state index contributed by atoms with van der Waals surface area (Å²) in [4.78, 5) is 3.67. The van der Waals surface area contributed by atoms with Crippen LogP contribution in [-0.4, -0.2) is 19.4 Å². The molecule has 3 aromatic rings. The lowest BCUT2D eigenvalue weighted by Gasteiger charge is -2.20. The van der Waals surface area contributed by atoms with Gasteiger partial charge in [-0.05, 0) is 34.2 Å². The zero-order valence-corrected chi connectivity index (χ0v) is 18.6. The van der Waals surface area contributed by atoms with E-state index >= 15 is 0 Å². The zero-order valence-electron chi connectivity index (χ0n) is 17.8. The maximum Gasteiger partial charge on any atom is 0.418 e. The van der Waals surface area contributed by atoms with Gasteiger partial charge in [-0.3, -0.25) is 4.98 Å². The molecule has 1 aliphatic carbocycles. The van der Waals surface area contributed by atoms with Gasteiger partial charge in [-0.2, -0.15) is 13.2 Å². The number of nitrogens with one attached hydrogen (secondary N) is 1. The van der Waals surface area contributed by atoms with Crippen LogP contribution in [0.2, 0.25) is 0 Å². The van der Waals surface area contributed by atoms with Crippen LogP contribution in [0.3, 0.4) is 0 Å². The predicted molar refractivity (Wildman–Crippen MR) is 118 cm³/mol. The molecule has 4 nitrogen and oxygen atoms in total. The quantitative estimate of drug-likeness (QED) is 0.493. The van der Waals surface area contributed by atoms with Crippen LogP contribution < -0.4 is 4.72 Å². The summed E-state index contributed by atoms with van der Waals surface area (Å²) in [6.45, 7) is 7.52. The van der Waals surface area contributed by atoms with Gasteiger partial charge in [0.1, 0.15) is 5.25 Å². The fraction of sp³-hybridized carbons (Fsp3) is 0.435. The van der Waals surface area contributed by atoms with Crippen LogP contribution in [-0.2, 0) is 30.6 Å². The van der Waals surface area contributed by atoms with E-state index in [1.807, 2.05) is 18.3 Å². The number of nitrogens with zero attached hydrogens (tertiary/aromatic N) is 2. The first-order valence-corrected chi connectivity index (χ1v) is 11.5. The molecule has 1 atom stereocenters. The molecule has 1 saturated carbocycles. The molecule has 0 aliphatic heterocycles. The highest BCUT2D eigenvalue weighted by atomic mass is 32.2. The minimum Gasteiger partial charge on any atom is -0.598 e. The van der Waals surface area contributed by atoms with Crippen LogP contribution in [0, 0.1) is 5.41 Å². The third-order valence-electron chi connectivity index (χ3n) is 5.28. The Kier molecular flexibility index (Phi) is 5.83. The van der Waals surface area contributed by atoms with E-state index in [0.29, 0.717) is 18.7 Å². The van der Waals surface area contributed by atoms with Crippen molar-refractivity contribution in [3.05, 3.63) is 54.0 Å². The first kappa shape index (κ1) is 22.2. The summed E-state index contributed by atoms with van der Waals surface area (Å²) in [6.07, 6.45) is 1.77. The first-order valence-electron chi connectivity index (χ1n) is 10.3. The molecule has 2 aromatic heterocycles. The summed E-state index contributed by atoms with van der Waals surface area (Å²) in [6, 6.07) is 6.80. The fourth-order valence-electron chi connectivity index (χ4n) is 3.74. The van der Waals surface area contributed by atoms with Crippen LogP contribution >= 0.6 is 0 Å². The van der Waals surface area contributed by atoms with Crippen molar-refractivity contribution in [3.63, 3.8) is 0 Å². The van der Waals surface area contributed by atoms with Crippen LogP contribution in [0.15, 0.2) is 42.9 Å². The molecule has 0 amide bonds. The summed E-state index contributed by atoms with van der Waals surface area (Å²) < 4.78 is 57.9. The number of fused-ring (bicyclic) bond motifs is 1. The van der Waals surface area contributed by atoms with E-state index in [1.165, 1.54) is 12.3 Å². The normalized spacial score (nSPS) is 16.1. The van der Waals surface area contributed by atoms with Gasteiger partial charge >= 0.3 is 6.18 Å². The van der Waals surface area contributed by atoms with Gasteiger partial charge in [0.25, 0.3) is 0 Å². The molecule has 0 radical (unpaired) electrons. The van der Waals surface area contributed by atoms with Gasteiger partial charge in [-0.1, -0.05) is 32.9 Å². The Morgan fingerprint density at radius 1 is 1.19 bits per heavy atom. The van der Waals surface area contributed by atoms with Crippen LogP contribution in [0.25, 0.3) is 22.0 Å². The zero-order chi connectivity index (χ0) is 22.4. The van der Waals surface area contributed by atoms with Crippen molar-refractivity contribution in [2.24, 2.45) is 5.41 Å². The van der Waals surface area contributed by atoms with E-state index in [9.17, 15) is 17.7 Å². The Hall–Kier alpha value is -2.03. The molecule has 2 heterocycles. The van der Waals surface area contributed by atoms with Crippen molar-refractivity contribution in [2.45, 2.75) is 58.1 Å².